The van der Waals surface area contributed by atoms with Gasteiger partial charge in [-0.05, 0) is 30.7 Å². The van der Waals surface area contributed by atoms with E-state index < -0.39 is 25.1 Å². The highest BCUT2D eigenvalue weighted by Crippen LogP contribution is 2.15. The van der Waals surface area contributed by atoms with Crippen LogP contribution < -0.4 is 4.72 Å². The Morgan fingerprint density at radius 1 is 1.06 bits per heavy atom. The summed E-state index contributed by atoms with van der Waals surface area (Å²) in [6.07, 6.45) is 0.635. The molecule has 0 spiro atoms. The monoisotopic (exact) mass is 281 g/mol. The summed E-state index contributed by atoms with van der Waals surface area (Å²) >= 11 is 0. The van der Waals surface area contributed by atoms with E-state index in [1.54, 1.807) is 6.92 Å². The third-order valence-corrected chi connectivity index (χ3v) is 4.27. The Kier molecular flexibility index (Phi) is 4.23. The predicted octanol–water partition coefficient (Wildman–Crippen LogP) is 1.03. The van der Waals surface area contributed by atoms with Gasteiger partial charge < -0.3 is 0 Å². The van der Waals surface area contributed by atoms with Crippen molar-refractivity contribution in [3.8, 4) is 0 Å². The van der Waals surface area contributed by atoms with Crippen molar-refractivity contribution < 1.29 is 20.7 Å². The van der Waals surface area contributed by atoms with Gasteiger partial charge in [-0.3, -0.25) is 0 Å². The molecule has 0 radical (unpaired) electrons. The first-order valence-corrected chi connectivity index (χ1v) is 7.68. The highest BCUT2D eigenvalue weighted by molar-refractivity contribution is 7.89. The fourth-order valence-corrected chi connectivity index (χ4v) is 2.70. The lowest BCUT2D eigenvalue weighted by Crippen LogP contribution is -2.24. The van der Waals surface area contributed by atoms with E-state index in [0.717, 1.165) is 24.3 Å². The summed E-state index contributed by atoms with van der Waals surface area (Å²) in [7, 11) is -8.45. The van der Waals surface area contributed by atoms with Crippen LogP contribution in [0.25, 0.3) is 0 Å². The Morgan fingerprint density at radius 3 is 1.94 bits per heavy atom. The average molecular weight is 281 g/mol. The molecule has 0 aromatic heterocycles. The van der Waals surface area contributed by atoms with Gasteiger partial charge in [0.05, 0.1) is 9.79 Å². The summed E-state index contributed by atoms with van der Waals surface area (Å²) < 4.78 is 59.1. The fraction of sp³-hybridized carbons (Fsp3) is 0.333. The minimum absolute atomic E-state index is 0.0987. The van der Waals surface area contributed by atoms with Crippen LogP contribution in [0.2, 0.25) is 0 Å². The van der Waals surface area contributed by atoms with Gasteiger partial charge in [0, 0.05) is 6.54 Å². The van der Waals surface area contributed by atoms with Gasteiger partial charge in [0.1, 0.15) is 0 Å². The van der Waals surface area contributed by atoms with Crippen LogP contribution in [0.15, 0.2) is 34.1 Å². The van der Waals surface area contributed by atoms with Gasteiger partial charge in [-0.25, -0.2) is 13.1 Å². The van der Waals surface area contributed by atoms with Crippen LogP contribution in [0.3, 0.4) is 0 Å². The normalized spacial score (nSPS) is 12.6. The summed E-state index contributed by atoms with van der Waals surface area (Å²) in [5.74, 6) is 0. The Balaban J connectivity index is 3.03. The number of halogens is 1. The van der Waals surface area contributed by atoms with E-state index in [1.807, 2.05) is 0 Å². The summed E-state index contributed by atoms with van der Waals surface area (Å²) in [4.78, 5) is -0.662. The van der Waals surface area contributed by atoms with Crippen molar-refractivity contribution in [3.05, 3.63) is 24.3 Å². The first kappa shape index (κ1) is 14.1. The van der Waals surface area contributed by atoms with E-state index >= 15 is 0 Å². The molecule has 1 aromatic carbocycles. The van der Waals surface area contributed by atoms with E-state index in [1.165, 1.54) is 0 Å². The highest BCUT2D eigenvalue weighted by Gasteiger charge is 2.16. The summed E-state index contributed by atoms with van der Waals surface area (Å²) in [6, 6.07) is 3.92. The summed E-state index contributed by atoms with van der Waals surface area (Å²) in [6.45, 7) is 2.09. The second-order valence-corrected chi connectivity index (χ2v) is 6.42. The van der Waals surface area contributed by atoms with Crippen LogP contribution >= 0.6 is 0 Å². The van der Waals surface area contributed by atoms with Crippen molar-refractivity contribution in [2.75, 3.05) is 6.54 Å². The van der Waals surface area contributed by atoms with E-state index in [0.29, 0.717) is 6.42 Å². The second-order valence-electron chi connectivity index (χ2n) is 3.31. The number of hydrogen-bond acceptors (Lipinski definition) is 4. The van der Waals surface area contributed by atoms with Crippen molar-refractivity contribution in [1.29, 1.82) is 0 Å². The van der Waals surface area contributed by atoms with E-state index in [2.05, 4.69) is 4.72 Å². The van der Waals surface area contributed by atoms with Crippen molar-refractivity contribution >= 4 is 20.2 Å². The molecule has 0 fully saturated rings. The lowest BCUT2D eigenvalue weighted by molar-refractivity contribution is 0.551. The lowest BCUT2D eigenvalue weighted by Gasteiger charge is -2.05. The van der Waals surface area contributed by atoms with Crippen molar-refractivity contribution in [2.24, 2.45) is 0 Å². The van der Waals surface area contributed by atoms with Crippen LogP contribution in [-0.4, -0.2) is 23.4 Å². The number of hydrogen-bond donors (Lipinski definition) is 1. The van der Waals surface area contributed by atoms with Gasteiger partial charge in [0.2, 0.25) is 10.0 Å². The number of benzene rings is 1. The zero-order chi connectivity index (χ0) is 13.1. The zero-order valence-corrected chi connectivity index (χ0v) is 10.7. The molecule has 0 bridgehead atoms. The Labute approximate surface area is 99.9 Å². The molecular formula is C9H12FNO4S2. The molecule has 96 valence electrons. The lowest BCUT2D eigenvalue weighted by atomic mass is 10.4. The first-order chi connectivity index (χ1) is 7.77. The molecular weight excluding hydrogens is 269 g/mol. The van der Waals surface area contributed by atoms with Gasteiger partial charge in [-0.15, -0.1) is 3.89 Å². The topological polar surface area (TPSA) is 80.3 Å². The third kappa shape index (κ3) is 3.76. The van der Waals surface area contributed by atoms with Gasteiger partial charge in [-0.2, -0.15) is 8.42 Å². The molecule has 0 aliphatic rings. The van der Waals surface area contributed by atoms with Gasteiger partial charge >= 0.3 is 10.2 Å². The Bertz CT molecular complexity index is 578. The molecule has 8 heteroatoms. The maximum absolute atomic E-state index is 12.6. The second kappa shape index (κ2) is 5.11. The van der Waals surface area contributed by atoms with Crippen LogP contribution in [0, 0.1) is 0 Å². The standard InChI is InChI=1S/C9H12FNO4S2/c1-2-7-11-17(14,15)9-5-3-8(4-6-9)16(10,12)13/h3-6,11H,2,7H2,1H3. The van der Waals surface area contributed by atoms with Crippen molar-refractivity contribution in [3.63, 3.8) is 0 Å². The number of rotatable bonds is 5. The fourth-order valence-electron chi connectivity index (χ4n) is 1.10. The summed E-state index contributed by atoms with van der Waals surface area (Å²) in [5, 5.41) is 0. The van der Waals surface area contributed by atoms with E-state index in [9.17, 15) is 20.7 Å². The minimum atomic E-state index is -4.80. The Morgan fingerprint density at radius 2 is 1.53 bits per heavy atom. The van der Waals surface area contributed by atoms with Crippen molar-refractivity contribution in [2.45, 2.75) is 23.1 Å². The maximum Gasteiger partial charge on any atom is 0.332 e. The molecule has 0 saturated heterocycles. The minimum Gasteiger partial charge on any atom is -0.211 e. The third-order valence-electron chi connectivity index (χ3n) is 1.96. The quantitative estimate of drug-likeness (QED) is 0.817. The number of nitrogens with one attached hydrogen (secondary N) is 1. The predicted molar refractivity (Wildman–Crippen MR) is 60.2 cm³/mol. The van der Waals surface area contributed by atoms with Crippen LogP contribution in [0.1, 0.15) is 13.3 Å². The zero-order valence-electron chi connectivity index (χ0n) is 9.05. The van der Waals surface area contributed by atoms with Crippen molar-refractivity contribution in [1.82, 2.24) is 4.72 Å². The molecule has 0 aliphatic carbocycles. The molecule has 1 rings (SSSR count). The average Bonchev–Trinajstić information content (AvgIpc) is 2.25. The van der Waals surface area contributed by atoms with Crippen LogP contribution in [0.5, 0.6) is 0 Å². The Hall–Kier alpha value is -0.990. The SMILES string of the molecule is CCCNS(=O)(=O)c1ccc(S(=O)(=O)F)cc1. The van der Waals surface area contributed by atoms with Gasteiger partial charge in [-0.1, -0.05) is 6.92 Å². The molecule has 0 atom stereocenters. The molecule has 0 saturated carbocycles. The molecule has 17 heavy (non-hydrogen) atoms. The largest absolute Gasteiger partial charge is 0.332 e. The first-order valence-electron chi connectivity index (χ1n) is 4.82. The molecule has 1 N–H and O–H groups in total. The molecule has 5 nitrogen and oxygen atoms in total. The summed E-state index contributed by atoms with van der Waals surface area (Å²) in [5.41, 5.74) is 0. The molecule has 0 aliphatic heterocycles. The molecule has 1 aromatic rings. The smallest absolute Gasteiger partial charge is 0.211 e. The highest BCUT2D eigenvalue weighted by atomic mass is 32.3. The molecule has 0 amide bonds. The van der Waals surface area contributed by atoms with Gasteiger partial charge in [0.15, 0.2) is 0 Å². The van der Waals surface area contributed by atoms with E-state index in [4.69, 9.17) is 0 Å². The number of sulfonamides is 1. The maximum atomic E-state index is 12.6. The molecule has 0 heterocycles. The van der Waals surface area contributed by atoms with E-state index in [-0.39, 0.29) is 11.4 Å². The van der Waals surface area contributed by atoms with Gasteiger partial charge in [0.25, 0.3) is 0 Å². The van der Waals surface area contributed by atoms with Crippen LogP contribution in [0.4, 0.5) is 3.89 Å². The molecule has 0 unspecified atom stereocenters. The van der Waals surface area contributed by atoms with Crippen LogP contribution in [-0.2, 0) is 20.2 Å².